The first kappa shape index (κ1) is 23.2. The molecule has 0 radical (unpaired) electrons. The molecule has 0 aliphatic carbocycles. The number of sulfonamides is 1. The highest BCUT2D eigenvalue weighted by molar-refractivity contribution is 7.89. The number of rotatable bonds is 7. The number of amides is 1. The molecule has 0 aliphatic rings. The summed E-state index contributed by atoms with van der Waals surface area (Å²) in [4.78, 5) is 13.5. The fraction of sp³-hybridized carbons (Fsp3) is 0.120. The number of para-hydroxylation sites is 1. The average molecular weight is 477 g/mol. The molecule has 34 heavy (non-hydrogen) atoms. The van der Waals surface area contributed by atoms with Gasteiger partial charge in [-0.25, -0.2) is 17.4 Å². The third-order valence-corrected chi connectivity index (χ3v) is 7.02. The Balaban J connectivity index is 1.77. The second-order valence-electron chi connectivity index (χ2n) is 7.63. The standard InChI is InChI=1S/C25H24N4O4S/c1-28(2)34(31,32)20-14-15-24(33-3)22(16-20)26-25(30)23-17-21(18-10-6-4-7-11-18)27-29(23)19-12-8-5-9-13-19/h4-17H,1-3H3,(H,26,30). The van der Waals surface area contributed by atoms with Crippen LogP contribution in [0.4, 0.5) is 5.69 Å². The van der Waals surface area contributed by atoms with Crippen molar-refractivity contribution in [3.8, 4) is 22.7 Å². The Kier molecular flexibility index (Phi) is 6.49. The average Bonchev–Trinajstić information content (AvgIpc) is 3.31. The highest BCUT2D eigenvalue weighted by Crippen LogP contribution is 2.30. The summed E-state index contributed by atoms with van der Waals surface area (Å²) in [7, 11) is 0.644. The number of hydrogen-bond acceptors (Lipinski definition) is 5. The van der Waals surface area contributed by atoms with Crippen molar-refractivity contribution in [2.45, 2.75) is 4.90 Å². The number of aromatic nitrogens is 2. The van der Waals surface area contributed by atoms with E-state index in [0.29, 0.717) is 17.1 Å². The highest BCUT2D eigenvalue weighted by Gasteiger charge is 2.22. The van der Waals surface area contributed by atoms with Crippen molar-refractivity contribution in [3.05, 3.63) is 90.6 Å². The molecule has 1 N–H and O–H groups in total. The second kappa shape index (κ2) is 9.50. The summed E-state index contributed by atoms with van der Waals surface area (Å²) in [6, 6.07) is 24.9. The molecule has 1 aromatic heterocycles. The van der Waals surface area contributed by atoms with Crippen molar-refractivity contribution in [2.24, 2.45) is 0 Å². The van der Waals surface area contributed by atoms with Crippen LogP contribution in [0.15, 0.2) is 89.8 Å². The maximum absolute atomic E-state index is 13.4. The Morgan fingerprint density at radius 3 is 2.21 bits per heavy atom. The molecule has 3 aromatic carbocycles. The van der Waals surface area contributed by atoms with Crippen LogP contribution < -0.4 is 10.1 Å². The fourth-order valence-corrected chi connectivity index (χ4v) is 4.33. The van der Waals surface area contributed by atoms with Gasteiger partial charge in [0, 0.05) is 19.7 Å². The van der Waals surface area contributed by atoms with Gasteiger partial charge < -0.3 is 10.1 Å². The monoisotopic (exact) mass is 476 g/mol. The van der Waals surface area contributed by atoms with Crippen LogP contribution in [0.2, 0.25) is 0 Å². The minimum absolute atomic E-state index is 0.0372. The van der Waals surface area contributed by atoms with Crippen molar-refractivity contribution in [3.63, 3.8) is 0 Å². The number of ether oxygens (including phenoxy) is 1. The predicted octanol–water partition coefficient (Wildman–Crippen LogP) is 4.05. The molecule has 4 aromatic rings. The van der Waals surface area contributed by atoms with Gasteiger partial charge in [0.15, 0.2) is 0 Å². The molecule has 0 aliphatic heterocycles. The third-order valence-electron chi connectivity index (χ3n) is 5.21. The zero-order valence-electron chi connectivity index (χ0n) is 19.0. The Labute approximate surface area is 198 Å². The number of nitrogens with one attached hydrogen (secondary N) is 1. The molecule has 174 valence electrons. The van der Waals surface area contributed by atoms with Crippen LogP contribution in [-0.2, 0) is 10.0 Å². The van der Waals surface area contributed by atoms with Crippen LogP contribution in [0, 0.1) is 0 Å². The Hall–Kier alpha value is -3.95. The lowest BCUT2D eigenvalue weighted by Gasteiger charge is -2.15. The predicted molar refractivity (Wildman–Crippen MR) is 131 cm³/mol. The van der Waals surface area contributed by atoms with Crippen LogP contribution in [0.5, 0.6) is 5.75 Å². The van der Waals surface area contributed by atoms with E-state index < -0.39 is 15.9 Å². The summed E-state index contributed by atoms with van der Waals surface area (Å²) in [6.45, 7) is 0. The van der Waals surface area contributed by atoms with Crippen molar-refractivity contribution in [1.29, 1.82) is 0 Å². The summed E-state index contributed by atoms with van der Waals surface area (Å²) in [6.07, 6.45) is 0. The van der Waals surface area contributed by atoms with E-state index in [1.807, 2.05) is 60.7 Å². The zero-order chi connectivity index (χ0) is 24.3. The molecule has 0 spiro atoms. The van der Waals surface area contributed by atoms with Gasteiger partial charge >= 0.3 is 0 Å². The highest BCUT2D eigenvalue weighted by atomic mass is 32.2. The van der Waals surface area contributed by atoms with E-state index in [2.05, 4.69) is 10.4 Å². The molecule has 0 atom stereocenters. The van der Waals surface area contributed by atoms with E-state index in [1.54, 1.807) is 10.7 Å². The number of anilines is 1. The summed E-state index contributed by atoms with van der Waals surface area (Å²) in [5, 5.41) is 7.45. The summed E-state index contributed by atoms with van der Waals surface area (Å²) in [5.41, 5.74) is 2.73. The largest absolute Gasteiger partial charge is 0.495 e. The summed E-state index contributed by atoms with van der Waals surface area (Å²) < 4.78 is 33.2. The minimum atomic E-state index is -3.70. The van der Waals surface area contributed by atoms with Gasteiger partial charge in [-0.05, 0) is 36.4 Å². The first-order valence-corrected chi connectivity index (χ1v) is 11.9. The van der Waals surface area contributed by atoms with Crippen LogP contribution in [0.1, 0.15) is 10.5 Å². The van der Waals surface area contributed by atoms with Crippen LogP contribution in [0.25, 0.3) is 16.9 Å². The van der Waals surface area contributed by atoms with Crippen LogP contribution in [-0.4, -0.2) is 49.6 Å². The Morgan fingerprint density at radius 2 is 1.59 bits per heavy atom. The van der Waals surface area contributed by atoms with Gasteiger partial charge in [-0.15, -0.1) is 0 Å². The number of carbonyl (C=O) groups is 1. The topological polar surface area (TPSA) is 93.5 Å². The molecule has 0 bridgehead atoms. The van der Waals surface area contributed by atoms with Gasteiger partial charge in [0.05, 0.1) is 29.1 Å². The van der Waals surface area contributed by atoms with Gasteiger partial charge in [-0.3, -0.25) is 4.79 Å². The van der Waals surface area contributed by atoms with Crippen molar-refractivity contribution in [2.75, 3.05) is 26.5 Å². The Morgan fingerprint density at radius 1 is 0.941 bits per heavy atom. The number of nitrogens with zero attached hydrogens (tertiary/aromatic N) is 3. The summed E-state index contributed by atoms with van der Waals surface area (Å²) >= 11 is 0. The van der Waals surface area contributed by atoms with Gasteiger partial charge in [0.1, 0.15) is 11.4 Å². The molecule has 4 rings (SSSR count). The minimum Gasteiger partial charge on any atom is -0.495 e. The number of methoxy groups -OCH3 is 1. The first-order chi connectivity index (χ1) is 16.3. The molecule has 0 saturated heterocycles. The van der Waals surface area contributed by atoms with Crippen molar-refractivity contribution >= 4 is 21.6 Å². The van der Waals surface area contributed by atoms with Gasteiger partial charge in [-0.1, -0.05) is 48.5 Å². The Bertz CT molecular complexity index is 1420. The normalized spacial score (nSPS) is 11.4. The maximum atomic E-state index is 13.4. The van der Waals surface area contributed by atoms with E-state index in [0.717, 1.165) is 9.87 Å². The van der Waals surface area contributed by atoms with Gasteiger partial charge in [0.2, 0.25) is 10.0 Å². The fourth-order valence-electron chi connectivity index (χ4n) is 3.40. The van der Waals surface area contributed by atoms with E-state index in [1.165, 1.54) is 39.4 Å². The molecule has 0 fully saturated rings. The smallest absolute Gasteiger partial charge is 0.274 e. The zero-order valence-corrected chi connectivity index (χ0v) is 19.8. The molecule has 0 unspecified atom stereocenters. The number of benzene rings is 3. The van der Waals surface area contributed by atoms with E-state index in [-0.39, 0.29) is 16.3 Å². The number of hydrogen-bond donors (Lipinski definition) is 1. The SMILES string of the molecule is COc1ccc(S(=O)(=O)N(C)C)cc1NC(=O)c1cc(-c2ccccc2)nn1-c1ccccc1. The van der Waals surface area contributed by atoms with E-state index in [4.69, 9.17) is 4.74 Å². The molecule has 1 heterocycles. The van der Waals surface area contributed by atoms with E-state index in [9.17, 15) is 13.2 Å². The first-order valence-electron chi connectivity index (χ1n) is 10.4. The molecular formula is C25H24N4O4S. The lowest BCUT2D eigenvalue weighted by Crippen LogP contribution is -2.23. The molecule has 0 saturated carbocycles. The second-order valence-corrected chi connectivity index (χ2v) is 9.78. The number of carbonyl (C=O) groups excluding carboxylic acids is 1. The quantitative estimate of drug-likeness (QED) is 0.434. The molecule has 1 amide bonds. The molecule has 9 heteroatoms. The molecule has 8 nitrogen and oxygen atoms in total. The molecular weight excluding hydrogens is 452 g/mol. The third kappa shape index (κ3) is 4.57. The van der Waals surface area contributed by atoms with Crippen LogP contribution >= 0.6 is 0 Å². The summed E-state index contributed by atoms with van der Waals surface area (Å²) in [5.74, 6) is -0.128. The van der Waals surface area contributed by atoms with Crippen LogP contribution in [0.3, 0.4) is 0 Å². The van der Waals surface area contributed by atoms with Gasteiger partial charge in [0.25, 0.3) is 5.91 Å². The van der Waals surface area contributed by atoms with E-state index >= 15 is 0 Å². The van der Waals surface area contributed by atoms with Crippen molar-refractivity contribution in [1.82, 2.24) is 14.1 Å². The lowest BCUT2D eigenvalue weighted by molar-refractivity contribution is 0.101. The maximum Gasteiger partial charge on any atom is 0.274 e. The van der Waals surface area contributed by atoms with Gasteiger partial charge in [-0.2, -0.15) is 5.10 Å². The van der Waals surface area contributed by atoms with Crippen molar-refractivity contribution < 1.29 is 17.9 Å². The lowest BCUT2D eigenvalue weighted by atomic mass is 10.1.